The van der Waals surface area contributed by atoms with E-state index >= 15 is 0 Å². The van der Waals surface area contributed by atoms with Gasteiger partial charge in [-0.2, -0.15) is 13.2 Å². The maximum absolute atomic E-state index is 12.8. The van der Waals surface area contributed by atoms with Crippen LogP contribution in [-0.4, -0.2) is 34.3 Å². The summed E-state index contributed by atoms with van der Waals surface area (Å²) in [6.45, 7) is 0. The zero-order valence-corrected chi connectivity index (χ0v) is 9.55. The summed E-state index contributed by atoms with van der Waals surface area (Å²) in [4.78, 5) is 10.6. The topological polar surface area (TPSA) is 104 Å². The molecule has 1 aromatic rings. The SMILES string of the molecule is NC(Cc1ccc(B(O)O)cc1C(F)(F)F)C(=O)O. The molecule has 0 heterocycles. The summed E-state index contributed by atoms with van der Waals surface area (Å²) in [5, 5.41) is 26.3. The van der Waals surface area contributed by atoms with Crippen molar-refractivity contribution in [3.8, 4) is 0 Å². The average Bonchev–Trinajstić information content (AvgIpc) is 2.27. The first-order valence-electron chi connectivity index (χ1n) is 5.17. The number of carboxylic acids is 1. The van der Waals surface area contributed by atoms with Crippen molar-refractivity contribution in [1.82, 2.24) is 0 Å². The standard InChI is InChI=1S/C10H11BF3NO4/c12-10(13,14)7-4-6(11(18)19)2-1-5(7)3-8(15)9(16)17/h1-2,4,8,18-19H,3,15H2,(H,16,17). The fraction of sp³-hybridized carbons (Fsp3) is 0.300. The van der Waals surface area contributed by atoms with Crippen molar-refractivity contribution in [2.45, 2.75) is 18.6 Å². The summed E-state index contributed by atoms with van der Waals surface area (Å²) in [7, 11) is -2.04. The van der Waals surface area contributed by atoms with Crippen molar-refractivity contribution < 1.29 is 33.1 Å². The maximum atomic E-state index is 12.8. The highest BCUT2D eigenvalue weighted by molar-refractivity contribution is 6.58. The van der Waals surface area contributed by atoms with Crippen LogP contribution in [0.2, 0.25) is 0 Å². The molecule has 1 rings (SSSR count). The number of halogens is 3. The first kappa shape index (κ1) is 15.5. The zero-order chi connectivity index (χ0) is 14.8. The highest BCUT2D eigenvalue weighted by Gasteiger charge is 2.35. The Hall–Kier alpha value is -1.58. The second kappa shape index (κ2) is 5.60. The van der Waals surface area contributed by atoms with E-state index in [0.717, 1.165) is 12.1 Å². The molecule has 1 unspecified atom stereocenters. The normalized spacial score (nSPS) is 13.2. The van der Waals surface area contributed by atoms with E-state index in [4.69, 9.17) is 20.9 Å². The second-order valence-corrected chi connectivity index (χ2v) is 3.94. The van der Waals surface area contributed by atoms with Gasteiger partial charge in [-0.25, -0.2) is 0 Å². The molecule has 5 nitrogen and oxygen atoms in total. The summed E-state index contributed by atoms with van der Waals surface area (Å²) >= 11 is 0. The fourth-order valence-electron chi connectivity index (χ4n) is 1.52. The smallest absolute Gasteiger partial charge is 0.480 e. The van der Waals surface area contributed by atoms with Crippen molar-refractivity contribution in [2.75, 3.05) is 0 Å². The summed E-state index contributed by atoms with van der Waals surface area (Å²) in [6, 6.07) is 1.16. The number of benzene rings is 1. The Kier molecular flexibility index (Phi) is 4.56. The second-order valence-electron chi connectivity index (χ2n) is 3.94. The molecule has 19 heavy (non-hydrogen) atoms. The van der Waals surface area contributed by atoms with E-state index in [1.807, 2.05) is 0 Å². The van der Waals surface area contributed by atoms with Gasteiger partial charge in [-0.05, 0) is 23.5 Å². The molecule has 0 radical (unpaired) electrons. The summed E-state index contributed by atoms with van der Waals surface area (Å²) in [5.74, 6) is -1.42. The van der Waals surface area contributed by atoms with E-state index in [-0.39, 0.29) is 11.0 Å². The average molecular weight is 277 g/mol. The number of carbonyl (C=O) groups is 1. The monoisotopic (exact) mass is 277 g/mol. The van der Waals surface area contributed by atoms with Crippen molar-refractivity contribution >= 4 is 18.6 Å². The van der Waals surface area contributed by atoms with Crippen LogP contribution in [0.4, 0.5) is 13.2 Å². The van der Waals surface area contributed by atoms with Crippen molar-refractivity contribution in [3.05, 3.63) is 29.3 Å². The third-order valence-electron chi connectivity index (χ3n) is 2.49. The molecule has 0 amide bonds. The molecule has 1 atom stereocenters. The van der Waals surface area contributed by atoms with Gasteiger partial charge in [0, 0.05) is 0 Å². The molecule has 0 aliphatic carbocycles. The Morgan fingerprint density at radius 3 is 2.37 bits per heavy atom. The maximum Gasteiger partial charge on any atom is 0.488 e. The van der Waals surface area contributed by atoms with Gasteiger partial charge >= 0.3 is 19.3 Å². The first-order valence-corrected chi connectivity index (χ1v) is 5.17. The van der Waals surface area contributed by atoms with Crippen LogP contribution in [0.25, 0.3) is 0 Å². The number of hydrogen-bond acceptors (Lipinski definition) is 4. The zero-order valence-electron chi connectivity index (χ0n) is 9.55. The van der Waals surface area contributed by atoms with Gasteiger partial charge in [0.1, 0.15) is 6.04 Å². The predicted octanol–water partition coefficient (Wildman–Crippen LogP) is -0.660. The molecular formula is C10H11BF3NO4. The Labute approximate surface area is 106 Å². The van der Waals surface area contributed by atoms with Gasteiger partial charge < -0.3 is 20.9 Å². The number of hydrogen-bond donors (Lipinski definition) is 4. The largest absolute Gasteiger partial charge is 0.488 e. The predicted molar refractivity (Wildman–Crippen MR) is 60.6 cm³/mol. The van der Waals surface area contributed by atoms with Crippen molar-refractivity contribution in [3.63, 3.8) is 0 Å². The molecule has 9 heteroatoms. The lowest BCUT2D eigenvalue weighted by Gasteiger charge is -2.16. The number of rotatable bonds is 4. The van der Waals surface area contributed by atoms with Gasteiger partial charge in [0.25, 0.3) is 0 Å². The van der Waals surface area contributed by atoms with Crippen molar-refractivity contribution in [2.24, 2.45) is 5.73 Å². The van der Waals surface area contributed by atoms with Gasteiger partial charge in [-0.1, -0.05) is 12.1 Å². The van der Waals surface area contributed by atoms with Gasteiger partial charge in [-0.15, -0.1) is 0 Å². The molecule has 0 aliphatic rings. The van der Waals surface area contributed by atoms with Crippen LogP contribution < -0.4 is 11.2 Å². The number of aliphatic carboxylic acids is 1. The molecule has 0 saturated carbocycles. The Bertz CT molecular complexity index is 478. The summed E-state index contributed by atoms with van der Waals surface area (Å²) in [6.07, 6.45) is -5.25. The molecule has 104 valence electrons. The lowest BCUT2D eigenvalue weighted by molar-refractivity contribution is -0.140. The van der Waals surface area contributed by atoms with Crippen LogP contribution in [-0.2, 0) is 17.4 Å². The molecular weight excluding hydrogens is 266 g/mol. The minimum Gasteiger partial charge on any atom is -0.480 e. The highest BCUT2D eigenvalue weighted by atomic mass is 19.4. The van der Waals surface area contributed by atoms with Crippen LogP contribution in [0.15, 0.2) is 18.2 Å². The Balaban J connectivity index is 3.20. The lowest BCUT2D eigenvalue weighted by Crippen LogP contribution is -2.35. The number of carboxylic acid groups (broad SMARTS) is 1. The first-order chi connectivity index (χ1) is 8.62. The van der Waals surface area contributed by atoms with Crippen LogP contribution in [0, 0.1) is 0 Å². The molecule has 5 N–H and O–H groups in total. The van der Waals surface area contributed by atoms with Crippen LogP contribution in [0.3, 0.4) is 0 Å². The van der Waals surface area contributed by atoms with E-state index in [0.29, 0.717) is 6.07 Å². The minimum atomic E-state index is -4.74. The molecule has 1 aromatic carbocycles. The third-order valence-corrected chi connectivity index (χ3v) is 2.49. The number of nitrogens with two attached hydrogens (primary N) is 1. The van der Waals surface area contributed by atoms with Crippen LogP contribution in [0.5, 0.6) is 0 Å². The quantitative estimate of drug-likeness (QED) is 0.547. The highest BCUT2D eigenvalue weighted by Crippen LogP contribution is 2.31. The third kappa shape index (κ3) is 3.95. The van der Waals surface area contributed by atoms with Crippen LogP contribution >= 0.6 is 0 Å². The van der Waals surface area contributed by atoms with Crippen molar-refractivity contribution in [1.29, 1.82) is 0 Å². The fourth-order valence-corrected chi connectivity index (χ4v) is 1.52. The van der Waals surface area contributed by atoms with E-state index in [1.54, 1.807) is 0 Å². The van der Waals surface area contributed by atoms with Gasteiger partial charge in [0.2, 0.25) is 0 Å². The van der Waals surface area contributed by atoms with E-state index in [1.165, 1.54) is 0 Å². The van der Waals surface area contributed by atoms with E-state index < -0.39 is 37.3 Å². The van der Waals surface area contributed by atoms with Gasteiger partial charge in [0.15, 0.2) is 0 Å². The molecule has 0 fully saturated rings. The van der Waals surface area contributed by atoms with E-state index in [2.05, 4.69) is 0 Å². The Morgan fingerprint density at radius 2 is 1.95 bits per heavy atom. The lowest BCUT2D eigenvalue weighted by atomic mass is 9.78. The van der Waals surface area contributed by atoms with Gasteiger partial charge in [0.05, 0.1) is 5.56 Å². The summed E-state index contributed by atoms with van der Waals surface area (Å²) in [5.41, 5.74) is 3.42. The van der Waals surface area contributed by atoms with Gasteiger partial charge in [-0.3, -0.25) is 4.79 Å². The van der Waals surface area contributed by atoms with E-state index in [9.17, 15) is 18.0 Å². The molecule has 0 aromatic heterocycles. The Morgan fingerprint density at radius 1 is 1.37 bits per heavy atom. The molecule has 0 saturated heterocycles. The molecule has 0 bridgehead atoms. The molecule has 0 aliphatic heterocycles. The minimum absolute atomic E-state index is 0.313. The molecule has 0 spiro atoms. The number of alkyl halides is 3. The summed E-state index contributed by atoms with van der Waals surface area (Å²) < 4.78 is 38.4. The van der Waals surface area contributed by atoms with Crippen LogP contribution in [0.1, 0.15) is 11.1 Å².